The molecular weight excluding hydrogens is 434 g/mol. The molecule has 3 heterocycles. The van der Waals surface area contributed by atoms with E-state index in [0.717, 1.165) is 26.9 Å². The van der Waals surface area contributed by atoms with Gasteiger partial charge in [-0.1, -0.05) is 53.3 Å². The van der Waals surface area contributed by atoms with Crippen LogP contribution in [0.1, 0.15) is 33.9 Å². The molecule has 1 amide bonds. The molecule has 5 rings (SSSR count). The molecule has 1 aliphatic rings. The Morgan fingerprint density at radius 3 is 2.48 bits per heavy atom. The van der Waals surface area contributed by atoms with Crippen molar-refractivity contribution in [1.29, 1.82) is 0 Å². The second-order valence-corrected chi connectivity index (χ2v) is 9.26. The SMILES string of the molecule is Cc1ccc(C(O)=C2C(=O)C(=O)N(c3nc4c(C)cc(C)cc4s3)C2c2cccnc2)cc1. The highest BCUT2D eigenvalue weighted by Gasteiger charge is 2.48. The summed E-state index contributed by atoms with van der Waals surface area (Å²) >= 11 is 1.36. The zero-order valence-electron chi connectivity index (χ0n) is 18.4. The first-order valence-electron chi connectivity index (χ1n) is 10.5. The molecule has 1 atom stereocenters. The number of aliphatic hydroxyl groups excluding tert-OH is 1. The van der Waals surface area contributed by atoms with E-state index in [-0.39, 0.29) is 11.3 Å². The van der Waals surface area contributed by atoms with Gasteiger partial charge < -0.3 is 5.11 Å². The van der Waals surface area contributed by atoms with Crippen LogP contribution in [0.15, 0.2) is 66.5 Å². The van der Waals surface area contributed by atoms with E-state index in [1.165, 1.54) is 16.2 Å². The second-order valence-electron chi connectivity index (χ2n) is 8.25. The Labute approximate surface area is 194 Å². The number of benzene rings is 2. The minimum atomic E-state index is -0.832. The van der Waals surface area contributed by atoms with E-state index < -0.39 is 17.7 Å². The summed E-state index contributed by atoms with van der Waals surface area (Å²) in [5.74, 6) is -1.67. The van der Waals surface area contributed by atoms with Gasteiger partial charge in [-0.2, -0.15) is 0 Å². The van der Waals surface area contributed by atoms with Crippen molar-refractivity contribution in [2.75, 3.05) is 4.90 Å². The van der Waals surface area contributed by atoms with Gasteiger partial charge >= 0.3 is 5.91 Å². The number of thiazole rings is 1. The zero-order valence-corrected chi connectivity index (χ0v) is 19.2. The zero-order chi connectivity index (χ0) is 23.3. The van der Waals surface area contributed by atoms with Crippen molar-refractivity contribution in [2.24, 2.45) is 0 Å². The van der Waals surface area contributed by atoms with Crippen molar-refractivity contribution in [2.45, 2.75) is 26.8 Å². The summed E-state index contributed by atoms with van der Waals surface area (Å²) < 4.78 is 0.938. The highest BCUT2D eigenvalue weighted by Crippen LogP contribution is 2.44. The van der Waals surface area contributed by atoms with Crippen LogP contribution in [0.2, 0.25) is 0 Å². The predicted octanol–water partition coefficient (Wildman–Crippen LogP) is 5.24. The first kappa shape index (κ1) is 21.0. The Bertz CT molecular complexity index is 1440. The van der Waals surface area contributed by atoms with Gasteiger partial charge in [0.15, 0.2) is 5.13 Å². The van der Waals surface area contributed by atoms with Gasteiger partial charge in [0.25, 0.3) is 5.78 Å². The molecular formula is C26H21N3O3S. The molecule has 0 bridgehead atoms. The lowest BCUT2D eigenvalue weighted by atomic mass is 9.96. The number of amides is 1. The van der Waals surface area contributed by atoms with Crippen LogP contribution in [0.4, 0.5) is 5.13 Å². The lowest BCUT2D eigenvalue weighted by Crippen LogP contribution is -2.29. The molecule has 1 saturated heterocycles. The van der Waals surface area contributed by atoms with Crippen molar-refractivity contribution in [1.82, 2.24) is 9.97 Å². The van der Waals surface area contributed by atoms with E-state index in [4.69, 9.17) is 4.98 Å². The maximum atomic E-state index is 13.3. The fraction of sp³-hybridized carbons (Fsp3) is 0.154. The van der Waals surface area contributed by atoms with Crippen LogP contribution in [0.3, 0.4) is 0 Å². The average molecular weight is 456 g/mol. The van der Waals surface area contributed by atoms with Crippen molar-refractivity contribution in [3.8, 4) is 0 Å². The highest BCUT2D eigenvalue weighted by molar-refractivity contribution is 7.22. The number of nitrogens with zero attached hydrogens (tertiary/aromatic N) is 3. The maximum absolute atomic E-state index is 13.3. The summed E-state index contributed by atoms with van der Waals surface area (Å²) in [6.45, 7) is 5.92. The summed E-state index contributed by atoms with van der Waals surface area (Å²) in [6, 6.07) is 13.9. The highest BCUT2D eigenvalue weighted by atomic mass is 32.1. The predicted molar refractivity (Wildman–Crippen MR) is 129 cm³/mol. The van der Waals surface area contributed by atoms with Crippen molar-refractivity contribution in [3.05, 3.63) is 94.3 Å². The number of aliphatic hydroxyl groups is 1. The summed E-state index contributed by atoms with van der Waals surface area (Å²) in [5.41, 5.74) is 5.05. The standard InChI is InChI=1S/C26H21N3O3S/c1-14-6-8-17(9-7-14)23(30)20-22(18-5-4-10-27-13-18)29(25(32)24(20)31)26-28-21-16(3)11-15(2)12-19(21)33-26/h4-13,22,30H,1-3H3. The number of carbonyl (C=O) groups excluding carboxylic acids is 2. The molecule has 2 aromatic heterocycles. The van der Waals surface area contributed by atoms with E-state index >= 15 is 0 Å². The summed E-state index contributed by atoms with van der Waals surface area (Å²) in [7, 11) is 0. The van der Waals surface area contributed by atoms with Gasteiger partial charge in [0.2, 0.25) is 0 Å². The molecule has 1 aliphatic heterocycles. The van der Waals surface area contributed by atoms with Crippen LogP contribution in [-0.2, 0) is 9.59 Å². The smallest absolute Gasteiger partial charge is 0.301 e. The third-order valence-corrected chi connectivity index (χ3v) is 6.80. The van der Waals surface area contributed by atoms with Crippen molar-refractivity contribution >= 4 is 44.1 Å². The quantitative estimate of drug-likeness (QED) is 0.259. The molecule has 7 heteroatoms. The molecule has 6 nitrogen and oxygen atoms in total. The van der Waals surface area contributed by atoms with Crippen LogP contribution in [0, 0.1) is 20.8 Å². The minimum absolute atomic E-state index is 0.0315. The number of aromatic nitrogens is 2. The monoisotopic (exact) mass is 455 g/mol. The molecule has 1 unspecified atom stereocenters. The average Bonchev–Trinajstić information content (AvgIpc) is 3.33. The lowest BCUT2D eigenvalue weighted by molar-refractivity contribution is -0.132. The number of pyridine rings is 1. The molecule has 33 heavy (non-hydrogen) atoms. The van der Waals surface area contributed by atoms with Crippen LogP contribution in [0.5, 0.6) is 0 Å². The van der Waals surface area contributed by atoms with Gasteiger partial charge in [0.1, 0.15) is 5.76 Å². The first-order chi connectivity index (χ1) is 15.8. The topological polar surface area (TPSA) is 83.4 Å². The molecule has 0 saturated carbocycles. The Morgan fingerprint density at radius 1 is 1.03 bits per heavy atom. The third-order valence-electron chi connectivity index (χ3n) is 5.79. The molecule has 0 radical (unpaired) electrons. The van der Waals surface area contributed by atoms with Crippen molar-refractivity contribution < 1.29 is 14.7 Å². The van der Waals surface area contributed by atoms with Crippen LogP contribution < -0.4 is 4.90 Å². The Hall–Kier alpha value is -3.84. The summed E-state index contributed by atoms with van der Waals surface area (Å²) in [6.07, 6.45) is 3.23. The van der Waals surface area contributed by atoms with E-state index in [1.807, 2.05) is 45.0 Å². The van der Waals surface area contributed by atoms with Gasteiger partial charge in [0, 0.05) is 18.0 Å². The van der Waals surface area contributed by atoms with Crippen LogP contribution >= 0.6 is 11.3 Å². The summed E-state index contributed by atoms with van der Waals surface area (Å²) in [5, 5.41) is 11.6. The molecule has 4 aromatic rings. The van der Waals surface area contributed by atoms with E-state index in [0.29, 0.717) is 16.3 Å². The number of rotatable bonds is 3. The number of aryl methyl sites for hydroxylation is 3. The number of carbonyl (C=O) groups is 2. The van der Waals surface area contributed by atoms with Gasteiger partial charge in [-0.05, 0) is 49.6 Å². The number of Topliss-reactive ketones (excluding diaryl/α,β-unsaturated/α-hetero) is 1. The van der Waals surface area contributed by atoms with E-state index in [1.54, 1.807) is 36.7 Å². The molecule has 1 fully saturated rings. The number of ketones is 1. The second kappa shape index (κ2) is 7.94. The number of fused-ring (bicyclic) bond motifs is 1. The largest absolute Gasteiger partial charge is 0.507 e. The molecule has 0 aliphatic carbocycles. The fourth-order valence-corrected chi connectivity index (χ4v) is 5.38. The van der Waals surface area contributed by atoms with E-state index in [2.05, 4.69) is 4.98 Å². The van der Waals surface area contributed by atoms with E-state index in [9.17, 15) is 14.7 Å². The Morgan fingerprint density at radius 2 is 1.79 bits per heavy atom. The van der Waals surface area contributed by atoms with Gasteiger partial charge in [-0.15, -0.1) is 0 Å². The molecule has 2 aromatic carbocycles. The van der Waals surface area contributed by atoms with Crippen LogP contribution in [-0.4, -0.2) is 26.8 Å². The van der Waals surface area contributed by atoms with Gasteiger partial charge in [-0.25, -0.2) is 4.98 Å². The van der Waals surface area contributed by atoms with Crippen LogP contribution in [0.25, 0.3) is 16.0 Å². The van der Waals surface area contributed by atoms with Crippen molar-refractivity contribution in [3.63, 3.8) is 0 Å². The Balaban J connectivity index is 1.73. The fourth-order valence-electron chi connectivity index (χ4n) is 4.21. The number of anilines is 1. The molecule has 1 N–H and O–H groups in total. The number of hydrogen-bond donors (Lipinski definition) is 1. The lowest BCUT2D eigenvalue weighted by Gasteiger charge is -2.22. The first-order valence-corrected chi connectivity index (χ1v) is 11.3. The minimum Gasteiger partial charge on any atom is -0.507 e. The van der Waals surface area contributed by atoms with Gasteiger partial charge in [0.05, 0.1) is 21.8 Å². The Kier molecular flexibility index (Phi) is 5.06. The van der Waals surface area contributed by atoms with Gasteiger partial charge in [-0.3, -0.25) is 19.5 Å². The normalized spacial score (nSPS) is 17.8. The summed E-state index contributed by atoms with van der Waals surface area (Å²) in [4.78, 5) is 36.8. The molecule has 0 spiro atoms. The third kappa shape index (κ3) is 3.50. The maximum Gasteiger partial charge on any atom is 0.301 e. The number of hydrogen-bond acceptors (Lipinski definition) is 6. The molecule has 164 valence electrons.